The predicted octanol–water partition coefficient (Wildman–Crippen LogP) is 0.126. The molecule has 3 N–H and O–H groups in total. The van der Waals surface area contributed by atoms with E-state index in [4.69, 9.17) is 4.84 Å². The third-order valence-corrected chi connectivity index (χ3v) is 7.26. The van der Waals surface area contributed by atoms with Crippen molar-refractivity contribution in [2.75, 3.05) is 40.3 Å². The number of likely N-dealkylation sites (tertiary alicyclic amines) is 2. The zero-order chi connectivity index (χ0) is 19.7. The van der Waals surface area contributed by atoms with Gasteiger partial charge in [0.15, 0.2) is 0 Å². The van der Waals surface area contributed by atoms with Crippen LogP contribution in [0.2, 0.25) is 0 Å². The molecule has 0 aromatic carbocycles. The van der Waals surface area contributed by atoms with Crippen molar-refractivity contribution in [2.24, 2.45) is 5.92 Å². The molecule has 28 heavy (non-hydrogen) atoms. The standard InChI is InChI=1S/C20H38N6O2/c1-14(27)25-11-8-16(9-12-25)26-10-4-5-17(26)20-22-19(23-28-20)15-6-7-18(21-13-15)24(2)3/h15-23H,4-13H2,1-3H3/t15?,17-,18?,19?,20?/m0/s1. The predicted molar refractivity (Wildman–Crippen MR) is 108 cm³/mol. The molecule has 0 spiro atoms. The molecule has 0 bridgehead atoms. The molecule has 8 heteroatoms. The highest BCUT2D eigenvalue weighted by molar-refractivity contribution is 5.73. The highest BCUT2D eigenvalue weighted by Crippen LogP contribution is 2.30. The Kier molecular flexibility index (Phi) is 6.54. The Morgan fingerprint density at radius 2 is 1.86 bits per heavy atom. The van der Waals surface area contributed by atoms with Gasteiger partial charge in [-0.05, 0) is 59.2 Å². The number of carbonyl (C=O) groups excluding carboxylic acids is 1. The van der Waals surface area contributed by atoms with Crippen molar-refractivity contribution in [1.82, 2.24) is 30.8 Å². The molecular formula is C20H38N6O2. The van der Waals surface area contributed by atoms with Gasteiger partial charge in [-0.1, -0.05) is 0 Å². The third kappa shape index (κ3) is 4.37. The van der Waals surface area contributed by atoms with Crippen LogP contribution in [-0.2, 0) is 9.63 Å². The molecule has 0 aromatic heterocycles. The van der Waals surface area contributed by atoms with Crippen molar-refractivity contribution in [3.8, 4) is 0 Å². The molecule has 8 nitrogen and oxygen atoms in total. The Bertz CT molecular complexity index is 531. The maximum Gasteiger partial charge on any atom is 0.219 e. The lowest BCUT2D eigenvalue weighted by Gasteiger charge is -2.40. The van der Waals surface area contributed by atoms with Gasteiger partial charge in [0.1, 0.15) is 6.23 Å². The van der Waals surface area contributed by atoms with Gasteiger partial charge in [0.25, 0.3) is 0 Å². The second-order valence-electron chi connectivity index (χ2n) is 9.21. The fourth-order valence-corrected chi connectivity index (χ4v) is 5.51. The molecule has 160 valence electrons. The van der Waals surface area contributed by atoms with Crippen molar-refractivity contribution >= 4 is 5.91 Å². The molecule has 4 heterocycles. The Hall–Kier alpha value is -0.770. The fraction of sp³-hybridized carbons (Fsp3) is 0.950. The van der Waals surface area contributed by atoms with E-state index >= 15 is 0 Å². The van der Waals surface area contributed by atoms with E-state index in [9.17, 15) is 4.79 Å². The van der Waals surface area contributed by atoms with Crippen molar-refractivity contribution < 1.29 is 9.63 Å². The van der Waals surface area contributed by atoms with Crippen molar-refractivity contribution in [3.05, 3.63) is 0 Å². The van der Waals surface area contributed by atoms with E-state index in [1.165, 1.54) is 25.7 Å². The molecule has 1 amide bonds. The minimum absolute atomic E-state index is 0.0601. The number of nitrogens with zero attached hydrogens (tertiary/aromatic N) is 3. The number of carbonyl (C=O) groups is 1. The summed E-state index contributed by atoms with van der Waals surface area (Å²) >= 11 is 0. The zero-order valence-corrected chi connectivity index (χ0v) is 17.7. The first kappa shape index (κ1) is 20.5. The van der Waals surface area contributed by atoms with Gasteiger partial charge in [0, 0.05) is 38.5 Å². The average Bonchev–Trinajstić information content (AvgIpc) is 3.37. The largest absolute Gasteiger partial charge is 0.343 e. The maximum atomic E-state index is 11.6. The van der Waals surface area contributed by atoms with Gasteiger partial charge in [0.2, 0.25) is 5.91 Å². The van der Waals surface area contributed by atoms with Crippen LogP contribution in [0.5, 0.6) is 0 Å². The van der Waals surface area contributed by atoms with Crippen molar-refractivity contribution in [1.29, 1.82) is 0 Å². The average molecular weight is 395 g/mol. The number of hydrogen-bond donors (Lipinski definition) is 3. The van der Waals surface area contributed by atoms with Gasteiger partial charge in [-0.2, -0.15) is 5.48 Å². The van der Waals surface area contributed by atoms with E-state index < -0.39 is 0 Å². The summed E-state index contributed by atoms with van der Waals surface area (Å²) in [5.41, 5.74) is 3.30. The third-order valence-electron chi connectivity index (χ3n) is 7.26. The number of hydrogen-bond acceptors (Lipinski definition) is 7. The lowest BCUT2D eigenvalue weighted by atomic mass is 9.94. The molecule has 4 saturated heterocycles. The topological polar surface area (TPSA) is 72.1 Å². The van der Waals surface area contributed by atoms with Crippen molar-refractivity contribution in [2.45, 2.75) is 76.1 Å². The van der Waals surface area contributed by atoms with Gasteiger partial charge in [0.05, 0.1) is 18.4 Å². The van der Waals surface area contributed by atoms with Gasteiger partial charge in [-0.3, -0.25) is 24.7 Å². The summed E-state index contributed by atoms with van der Waals surface area (Å²) in [5.74, 6) is 0.761. The van der Waals surface area contributed by atoms with Crippen LogP contribution in [0.4, 0.5) is 0 Å². The molecular weight excluding hydrogens is 356 g/mol. The molecule has 0 saturated carbocycles. The van der Waals surface area contributed by atoms with Crippen LogP contribution >= 0.6 is 0 Å². The SMILES string of the molecule is CC(=O)N1CCC(N2CCC[C@H]2C2NC(C3CCC(N(C)C)NC3)NO2)CC1. The van der Waals surface area contributed by atoms with E-state index in [0.29, 0.717) is 24.2 Å². The van der Waals surface area contributed by atoms with E-state index in [1.54, 1.807) is 6.92 Å². The summed E-state index contributed by atoms with van der Waals surface area (Å²) in [4.78, 5) is 24.6. The number of piperidine rings is 2. The summed E-state index contributed by atoms with van der Waals surface area (Å²) in [6.07, 6.45) is 7.73. The minimum atomic E-state index is 0.0601. The molecule has 4 fully saturated rings. The molecule has 4 rings (SSSR count). The molecule has 4 unspecified atom stereocenters. The lowest BCUT2D eigenvalue weighted by molar-refractivity contribution is -0.130. The molecule has 0 aliphatic carbocycles. The number of rotatable bonds is 4. The Morgan fingerprint density at radius 3 is 2.50 bits per heavy atom. The van der Waals surface area contributed by atoms with Crippen LogP contribution in [0.3, 0.4) is 0 Å². The van der Waals surface area contributed by atoms with Gasteiger partial charge >= 0.3 is 0 Å². The maximum absolute atomic E-state index is 11.6. The molecule has 5 atom stereocenters. The second kappa shape index (κ2) is 8.93. The minimum Gasteiger partial charge on any atom is -0.343 e. The second-order valence-corrected chi connectivity index (χ2v) is 9.21. The van der Waals surface area contributed by atoms with E-state index in [2.05, 4.69) is 40.0 Å². The molecule has 0 radical (unpaired) electrons. The summed E-state index contributed by atoms with van der Waals surface area (Å²) in [7, 11) is 4.28. The van der Waals surface area contributed by atoms with E-state index in [0.717, 1.165) is 39.0 Å². The summed E-state index contributed by atoms with van der Waals surface area (Å²) in [6, 6.07) is 1.00. The highest BCUT2D eigenvalue weighted by Gasteiger charge is 2.43. The number of hydroxylamine groups is 1. The number of amides is 1. The molecule has 0 aromatic rings. The fourth-order valence-electron chi connectivity index (χ4n) is 5.51. The van der Waals surface area contributed by atoms with E-state index in [1.807, 2.05) is 4.90 Å². The summed E-state index contributed by atoms with van der Waals surface area (Å²) in [5, 5.41) is 7.40. The van der Waals surface area contributed by atoms with Crippen LogP contribution in [0.1, 0.15) is 45.4 Å². The monoisotopic (exact) mass is 394 g/mol. The van der Waals surface area contributed by atoms with Crippen LogP contribution in [0.25, 0.3) is 0 Å². The first-order valence-electron chi connectivity index (χ1n) is 11.1. The smallest absolute Gasteiger partial charge is 0.219 e. The number of nitrogens with one attached hydrogen (secondary N) is 3. The van der Waals surface area contributed by atoms with Gasteiger partial charge in [-0.25, -0.2) is 0 Å². The Morgan fingerprint density at radius 1 is 1.07 bits per heavy atom. The first-order chi connectivity index (χ1) is 13.5. The highest BCUT2D eigenvalue weighted by atomic mass is 16.7. The first-order valence-corrected chi connectivity index (χ1v) is 11.1. The molecule has 4 aliphatic rings. The van der Waals surface area contributed by atoms with Crippen molar-refractivity contribution in [3.63, 3.8) is 0 Å². The Labute approximate surface area is 169 Å². The van der Waals surface area contributed by atoms with Crippen LogP contribution < -0.4 is 16.1 Å². The lowest BCUT2D eigenvalue weighted by Crippen LogP contribution is -2.55. The van der Waals surface area contributed by atoms with Crippen LogP contribution in [-0.4, -0.2) is 91.5 Å². The van der Waals surface area contributed by atoms with Crippen LogP contribution in [0, 0.1) is 5.92 Å². The summed E-state index contributed by atoms with van der Waals surface area (Å²) in [6.45, 7) is 5.63. The van der Waals surface area contributed by atoms with Crippen LogP contribution in [0.15, 0.2) is 0 Å². The Balaban J connectivity index is 1.28. The quantitative estimate of drug-likeness (QED) is 0.626. The van der Waals surface area contributed by atoms with Gasteiger partial charge in [-0.15, -0.1) is 0 Å². The van der Waals surface area contributed by atoms with Gasteiger partial charge < -0.3 is 10.2 Å². The summed E-state index contributed by atoms with van der Waals surface area (Å²) < 4.78 is 0. The van der Waals surface area contributed by atoms with E-state index in [-0.39, 0.29) is 18.3 Å². The zero-order valence-electron chi connectivity index (χ0n) is 17.7. The molecule has 4 aliphatic heterocycles. The normalized spacial score (nSPS) is 38.4.